The predicted molar refractivity (Wildman–Crippen MR) is 63.3 cm³/mol. The average molecular weight is 254 g/mol. The second-order valence-corrected chi connectivity index (χ2v) is 5.13. The van der Waals surface area contributed by atoms with E-state index in [1.807, 2.05) is 0 Å². The van der Waals surface area contributed by atoms with Crippen molar-refractivity contribution in [1.82, 2.24) is 0 Å². The van der Waals surface area contributed by atoms with Gasteiger partial charge in [-0.1, -0.05) is 41.1 Å². The van der Waals surface area contributed by atoms with E-state index in [0.717, 1.165) is 6.54 Å². The van der Waals surface area contributed by atoms with E-state index in [1.165, 1.54) is 22.9 Å². The van der Waals surface area contributed by atoms with Gasteiger partial charge in [0.2, 0.25) is 0 Å². The molecule has 14 heavy (non-hydrogen) atoms. The van der Waals surface area contributed by atoms with Crippen molar-refractivity contribution in [2.24, 2.45) is 11.7 Å². The molecule has 2 N–H and O–H groups in total. The summed E-state index contributed by atoms with van der Waals surface area (Å²) in [5.74, 6) is 0.714. The molecular formula is C12H16BrN. The van der Waals surface area contributed by atoms with Crippen molar-refractivity contribution in [1.29, 1.82) is 0 Å². The number of hydrogen-bond donors (Lipinski definition) is 1. The van der Waals surface area contributed by atoms with Crippen molar-refractivity contribution in [2.75, 3.05) is 6.54 Å². The zero-order valence-electron chi connectivity index (χ0n) is 8.46. The summed E-state index contributed by atoms with van der Waals surface area (Å²) in [6.45, 7) is 3.06. The van der Waals surface area contributed by atoms with Gasteiger partial charge in [0, 0.05) is 16.4 Å². The summed E-state index contributed by atoms with van der Waals surface area (Å²) < 4.78 is 1.21. The Morgan fingerprint density at radius 3 is 2.64 bits per heavy atom. The predicted octanol–water partition coefficient (Wildman–Crippen LogP) is 3.08. The molecular weight excluding hydrogens is 238 g/mol. The Hall–Kier alpha value is -0.340. The number of nitrogens with two attached hydrogens (primary N) is 1. The molecule has 1 aromatic carbocycles. The average Bonchev–Trinajstić information content (AvgIpc) is 2.20. The van der Waals surface area contributed by atoms with Gasteiger partial charge in [0.15, 0.2) is 0 Å². The molecule has 1 aromatic rings. The zero-order valence-corrected chi connectivity index (χ0v) is 10.0. The standard InChI is InChI=1S/C12H16BrN/c1-9-6-7-12(9,8-14)10-4-2-3-5-11(10)13/h2-5,9H,6-8,14H2,1H3. The highest BCUT2D eigenvalue weighted by atomic mass is 79.9. The number of hydrogen-bond acceptors (Lipinski definition) is 1. The molecule has 0 radical (unpaired) electrons. The summed E-state index contributed by atoms with van der Waals surface area (Å²) in [6.07, 6.45) is 2.53. The van der Waals surface area contributed by atoms with Crippen molar-refractivity contribution >= 4 is 15.9 Å². The SMILES string of the molecule is CC1CCC1(CN)c1ccccc1Br. The molecule has 0 saturated heterocycles. The van der Waals surface area contributed by atoms with Gasteiger partial charge < -0.3 is 5.73 Å². The lowest BCUT2D eigenvalue weighted by Crippen LogP contribution is -2.48. The molecule has 1 saturated carbocycles. The topological polar surface area (TPSA) is 26.0 Å². The molecule has 2 unspecified atom stereocenters. The first-order valence-electron chi connectivity index (χ1n) is 5.16. The Labute approximate surface area is 93.8 Å². The van der Waals surface area contributed by atoms with Gasteiger partial charge in [0.1, 0.15) is 0 Å². The fourth-order valence-corrected chi connectivity index (χ4v) is 3.14. The lowest BCUT2D eigenvalue weighted by molar-refractivity contribution is 0.145. The minimum atomic E-state index is 0.236. The largest absolute Gasteiger partial charge is 0.330 e. The van der Waals surface area contributed by atoms with E-state index < -0.39 is 0 Å². The fourth-order valence-electron chi connectivity index (χ4n) is 2.46. The Bertz CT molecular complexity index is 333. The molecule has 76 valence electrons. The Morgan fingerprint density at radius 1 is 1.50 bits per heavy atom. The molecule has 2 rings (SSSR count). The highest BCUT2D eigenvalue weighted by Crippen LogP contribution is 2.49. The van der Waals surface area contributed by atoms with Gasteiger partial charge >= 0.3 is 0 Å². The van der Waals surface area contributed by atoms with Crippen LogP contribution in [-0.4, -0.2) is 6.54 Å². The highest BCUT2D eigenvalue weighted by molar-refractivity contribution is 9.10. The molecule has 0 amide bonds. The first-order valence-corrected chi connectivity index (χ1v) is 5.95. The Morgan fingerprint density at radius 2 is 2.21 bits per heavy atom. The minimum Gasteiger partial charge on any atom is -0.330 e. The molecule has 2 heteroatoms. The number of rotatable bonds is 2. The van der Waals surface area contributed by atoms with E-state index >= 15 is 0 Å². The Balaban J connectivity index is 2.42. The molecule has 1 aliphatic rings. The first-order chi connectivity index (χ1) is 6.70. The third-order valence-corrected chi connectivity index (χ3v) is 4.43. The fraction of sp³-hybridized carbons (Fsp3) is 0.500. The third-order valence-electron chi connectivity index (χ3n) is 3.74. The molecule has 0 bridgehead atoms. The van der Waals surface area contributed by atoms with Gasteiger partial charge in [-0.25, -0.2) is 0 Å². The molecule has 2 atom stereocenters. The Kier molecular flexibility index (Phi) is 2.67. The molecule has 1 fully saturated rings. The van der Waals surface area contributed by atoms with Crippen molar-refractivity contribution < 1.29 is 0 Å². The molecule has 0 aromatic heterocycles. The van der Waals surface area contributed by atoms with Gasteiger partial charge in [-0.2, -0.15) is 0 Å². The highest BCUT2D eigenvalue weighted by Gasteiger charge is 2.44. The van der Waals surface area contributed by atoms with Gasteiger partial charge in [-0.3, -0.25) is 0 Å². The molecule has 1 nitrogen and oxygen atoms in total. The quantitative estimate of drug-likeness (QED) is 0.862. The summed E-state index contributed by atoms with van der Waals surface area (Å²) >= 11 is 3.62. The van der Waals surface area contributed by atoms with E-state index in [0.29, 0.717) is 5.92 Å². The summed E-state index contributed by atoms with van der Waals surface area (Å²) in [5, 5.41) is 0. The van der Waals surface area contributed by atoms with Crippen LogP contribution >= 0.6 is 15.9 Å². The second kappa shape index (κ2) is 3.67. The third kappa shape index (κ3) is 1.32. The van der Waals surface area contributed by atoms with Crippen LogP contribution in [0.3, 0.4) is 0 Å². The van der Waals surface area contributed by atoms with Crippen LogP contribution in [0.1, 0.15) is 25.3 Å². The molecule has 1 aliphatic carbocycles. The zero-order chi connectivity index (χ0) is 10.2. The molecule has 0 heterocycles. The molecule has 0 aliphatic heterocycles. The maximum Gasteiger partial charge on any atom is 0.0213 e. The van der Waals surface area contributed by atoms with E-state index in [9.17, 15) is 0 Å². The van der Waals surface area contributed by atoms with Crippen molar-refractivity contribution in [3.05, 3.63) is 34.3 Å². The van der Waals surface area contributed by atoms with Crippen LogP contribution in [0.25, 0.3) is 0 Å². The second-order valence-electron chi connectivity index (χ2n) is 4.28. The van der Waals surface area contributed by atoms with Gasteiger partial charge in [-0.15, -0.1) is 0 Å². The lowest BCUT2D eigenvalue weighted by Gasteiger charge is -2.48. The van der Waals surface area contributed by atoms with Crippen LogP contribution in [0.4, 0.5) is 0 Å². The summed E-state index contributed by atoms with van der Waals surface area (Å²) in [4.78, 5) is 0. The number of halogens is 1. The number of benzene rings is 1. The summed E-state index contributed by atoms with van der Waals surface area (Å²) in [7, 11) is 0. The van der Waals surface area contributed by atoms with Crippen LogP contribution < -0.4 is 5.73 Å². The maximum absolute atomic E-state index is 5.94. The van der Waals surface area contributed by atoms with E-state index in [4.69, 9.17) is 5.73 Å². The van der Waals surface area contributed by atoms with E-state index in [1.54, 1.807) is 0 Å². The monoisotopic (exact) mass is 253 g/mol. The van der Waals surface area contributed by atoms with Gasteiger partial charge in [-0.05, 0) is 30.4 Å². The van der Waals surface area contributed by atoms with Crippen LogP contribution in [0.2, 0.25) is 0 Å². The minimum absolute atomic E-state index is 0.236. The van der Waals surface area contributed by atoms with Gasteiger partial charge in [0.25, 0.3) is 0 Å². The van der Waals surface area contributed by atoms with Crippen LogP contribution in [-0.2, 0) is 5.41 Å². The normalized spacial score (nSPS) is 31.2. The van der Waals surface area contributed by atoms with E-state index in [-0.39, 0.29) is 5.41 Å². The van der Waals surface area contributed by atoms with Crippen molar-refractivity contribution in [2.45, 2.75) is 25.2 Å². The van der Waals surface area contributed by atoms with Crippen molar-refractivity contribution in [3.63, 3.8) is 0 Å². The van der Waals surface area contributed by atoms with Crippen LogP contribution in [0, 0.1) is 5.92 Å². The summed E-state index contributed by atoms with van der Waals surface area (Å²) in [6, 6.07) is 8.47. The van der Waals surface area contributed by atoms with Crippen LogP contribution in [0.15, 0.2) is 28.7 Å². The van der Waals surface area contributed by atoms with Crippen molar-refractivity contribution in [3.8, 4) is 0 Å². The smallest absolute Gasteiger partial charge is 0.0213 e. The van der Waals surface area contributed by atoms with E-state index in [2.05, 4.69) is 47.1 Å². The summed E-state index contributed by atoms with van der Waals surface area (Å²) in [5.41, 5.74) is 7.57. The van der Waals surface area contributed by atoms with Crippen LogP contribution in [0.5, 0.6) is 0 Å². The first kappa shape index (κ1) is 10.2. The van der Waals surface area contributed by atoms with Gasteiger partial charge in [0.05, 0.1) is 0 Å². The molecule has 0 spiro atoms. The maximum atomic E-state index is 5.94. The lowest BCUT2D eigenvalue weighted by atomic mass is 9.57.